The summed E-state index contributed by atoms with van der Waals surface area (Å²) in [5.41, 5.74) is 5.88. The average molecular weight is 333 g/mol. The number of hydrogen-bond acceptors (Lipinski definition) is 3. The van der Waals surface area contributed by atoms with Crippen LogP contribution < -0.4 is 5.73 Å². The molecule has 4 aliphatic carbocycles. The molecule has 5 rings (SSSR count). The lowest BCUT2D eigenvalue weighted by atomic mass is 9.45. The van der Waals surface area contributed by atoms with Gasteiger partial charge in [-0.2, -0.15) is 0 Å². The Kier molecular flexibility index (Phi) is 3.49. The predicted molar refractivity (Wildman–Crippen MR) is 86.9 cm³/mol. The molecule has 1 heterocycles. The van der Waals surface area contributed by atoms with E-state index in [0.717, 1.165) is 32.1 Å². The number of carbonyl (C=O) groups is 2. The summed E-state index contributed by atoms with van der Waals surface area (Å²) in [6, 6.07) is 5.18. The second kappa shape index (κ2) is 5.30. The van der Waals surface area contributed by atoms with Gasteiger partial charge in [-0.1, -0.05) is 17.7 Å². The quantitative estimate of drug-likeness (QED) is 0.679. The van der Waals surface area contributed by atoms with Gasteiger partial charge in [0.2, 0.25) is 5.91 Å². The molecule has 4 nitrogen and oxygen atoms in total. The molecule has 2 N–H and O–H groups in total. The summed E-state index contributed by atoms with van der Waals surface area (Å²) in [5, 5.41) is 0.355. The van der Waals surface area contributed by atoms with E-state index in [2.05, 4.69) is 4.98 Å². The minimum atomic E-state index is -0.287. The van der Waals surface area contributed by atoms with Crippen LogP contribution in [0.2, 0.25) is 5.15 Å². The number of aromatic nitrogens is 1. The van der Waals surface area contributed by atoms with Crippen molar-refractivity contribution >= 4 is 23.3 Å². The van der Waals surface area contributed by atoms with Crippen LogP contribution in [0.4, 0.5) is 0 Å². The SMILES string of the molecule is NC(=O)C12CC3CC(C1)C(CC(=O)c1cccc(Cl)n1)C(C3)C2. The molecule has 1 aromatic rings. The zero-order chi connectivity index (χ0) is 16.2. The Bertz CT molecular complexity index is 659. The summed E-state index contributed by atoms with van der Waals surface area (Å²) >= 11 is 5.89. The van der Waals surface area contributed by atoms with Crippen molar-refractivity contribution in [3.63, 3.8) is 0 Å². The Morgan fingerprint density at radius 2 is 1.91 bits per heavy atom. The molecule has 122 valence electrons. The van der Waals surface area contributed by atoms with Gasteiger partial charge in [-0.25, -0.2) is 4.98 Å². The Morgan fingerprint density at radius 1 is 1.22 bits per heavy atom. The van der Waals surface area contributed by atoms with Crippen LogP contribution in [0.1, 0.15) is 49.0 Å². The maximum absolute atomic E-state index is 12.6. The normalized spacial score (nSPS) is 37.8. The van der Waals surface area contributed by atoms with Crippen LogP contribution in [0.15, 0.2) is 18.2 Å². The molecule has 5 heteroatoms. The van der Waals surface area contributed by atoms with Crippen molar-refractivity contribution in [2.75, 3.05) is 0 Å². The summed E-state index contributed by atoms with van der Waals surface area (Å²) in [7, 11) is 0. The van der Waals surface area contributed by atoms with Crippen LogP contribution in [0.25, 0.3) is 0 Å². The van der Waals surface area contributed by atoms with Gasteiger partial charge in [0.15, 0.2) is 5.78 Å². The largest absolute Gasteiger partial charge is 0.369 e. The number of amides is 1. The third kappa shape index (κ3) is 2.47. The Hall–Kier alpha value is -1.42. The number of Topliss-reactive ketones (excluding diaryl/α,β-unsaturated/α-hetero) is 1. The average Bonchev–Trinajstić information content (AvgIpc) is 2.50. The number of hydrogen-bond donors (Lipinski definition) is 1. The first-order valence-electron chi connectivity index (χ1n) is 8.42. The summed E-state index contributed by atoms with van der Waals surface area (Å²) in [4.78, 5) is 28.7. The lowest BCUT2D eigenvalue weighted by Gasteiger charge is -2.58. The minimum Gasteiger partial charge on any atom is -0.369 e. The first-order valence-corrected chi connectivity index (χ1v) is 8.80. The number of nitrogens with two attached hydrogens (primary N) is 1. The van der Waals surface area contributed by atoms with E-state index in [1.54, 1.807) is 18.2 Å². The van der Waals surface area contributed by atoms with Gasteiger partial charge in [-0.05, 0) is 67.9 Å². The summed E-state index contributed by atoms with van der Waals surface area (Å²) < 4.78 is 0. The molecule has 0 aromatic carbocycles. The van der Waals surface area contributed by atoms with Crippen LogP contribution in [-0.4, -0.2) is 16.7 Å². The molecule has 0 spiro atoms. The third-order valence-corrected chi connectivity index (χ3v) is 6.62. The summed E-state index contributed by atoms with van der Waals surface area (Å²) in [6.07, 6.45) is 5.52. The van der Waals surface area contributed by atoms with Crippen molar-refractivity contribution in [2.24, 2.45) is 34.8 Å². The molecule has 0 radical (unpaired) electrons. The Labute approximate surface area is 140 Å². The van der Waals surface area contributed by atoms with Crippen molar-refractivity contribution < 1.29 is 9.59 Å². The predicted octanol–water partition coefficient (Wildman–Crippen LogP) is 3.24. The van der Waals surface area contributed by atoms with Crippen molar-refractivity contribution in [2.45, 2.75) is 38.5 Å². The molecule has 4 bridgehead atoms. The Morgan fingerprint density at radius 3 is 2.52 bits per heavy atom. The second-order valence-electron chi connectivity index (χ2n) is 7.75. The number of nitrogens with zero attached hydrogens (tertiary/aromatic N) is 1. The highest BCUT2D eigenvalue weighted by Crippen LogP contribution is 2.62. The second-order valence-corrected chi connectivity index (χ2v) is 8.14. The molecule has 0 aliphatic heterocycles. The van der Waals surface area contributed by atoms with Gasteiger partial charge in [0, 0.05) is 11.8 Å². The van der Waals surface area contributed by atoms with Gasteiger partial charge in [0.05, 0.1) is 0 Å². The molecular weight excluding hydrogens is 312 g/mol. The number of ketones is 1. The van der Waals surface area contributed by atoms with Gasteiger partial charge in [-0.3, -0.25) is 9.59 Å². The highest BCUT2D eigenvalue weighted by Gasteiger charge is 2.57. The Balaban J connectivity index is 1.53. The minimum absolute atomic E-state index is 0.0677. The fourth-order valence-corrected chi connectivity index (χ4v) is 5.81. The highest BCUT2D eigenvalue weighted by atomic mass is 35.5. The zero-order valence-electron chi connectivity index (χ0n) is 13.0. The van der Waals surface area contributed by atoms with E-state index in [9.17, 15) is 9.59 Å². The van der Waals surface area contributed by atoms with E-state index in [4.69, 9.17) is 17.3 Å². The van der Waals surface area contributed by atoms with E-state index >= 15 is 0 Å². The lowest BCUT2D eigenvalue weighted by Crippen LogP contribution is -2.56. The molecule has 2 unspecified atom stereocenters. The van der Waals surface area contributed by atoms with Gasteiger partial charge in [0.25, 0.3) is 0 Å². The third-order valence-electron chi connectivity index (χ3n) is 6.41. The van der Waals surface area contributed by atoms with Crippen LogP contribution in [-0.2, 0) is 4.79 Å². The van der Waals surface area contributed by atoms with Crippen molar-refractivity contribution in [3.8, 4) is 0 Å². The van der Waals surface area contributed by atoms with Crippen molar-refractivity contribution in [1.29, 1.82) is 0 Å². The zero-order valence-corrected chi connectivity index (χ0v) is 13.8. The fourth-order valence-electron chi connectivity index (χ4n) is 5.65. The van der Waals surface area contributed by atoms with E-state index in [1.165, 1.54) is 0 Å². The molecule has 4 aliphatic rings. The summed E-state index contributed by atoms with van der Waals surface area (Å²) in [6.45, 7) is 0. The molecule has 1 aromatic heterocycles. The number of halogens is 1. The fraction of sp³-hybridized carbons (Fsp3) is 0.611. The number of primary amides is 1. The molecule has 4 saturated carbocycles. The molecule has 1 amide bonds. The van der Waals surface area contributed by atoms with Crippen LogP contribution in [0.5, 0.6) is 0 Å². The van der Waals surface area contributed by atoms with E-state index in [-0.39, 0.29) is 17.1 Å². The van der Waals surface area contributed by atoms with Gasteiger partial charge >= 0.3 is 0 Å². The van der Waals surface area contributed by atoms with Crippen molar-refractivity contribution in [3.05, 3.63) is 29.0 Å². The maximum atomic E-state index is 12.6. The van der Waals surface area contributed by atoms with Crippen LogP contribution in [0, 0.1) is 29.1 Å². The standard InChI is InChI=1S/C18H21ClN2O2/c19-16-3-1-2-14(21-16)15(22)6-13-11-4-10-5-12(13)9-18(7-10,8-11)17(20)23/h1-3,10-13H,4-9H2,(H2,20,23). The van der Waals surface area contributed by atoms with E-state index in [0.29, 0.717) is 40.9 Å². The summed E-state index contributed by atoms with van der Waals surface area (Å²) in [5.74, 6) is 1.84. The first-order chi connectivity index (χ1) is 11.0. The van der Waals surface area contributed by atoms with E-state index < -0.39 is 0 Å². The molecule has 2 atom stereocenters. The number of carbonyl (C=O) groups excluding carboxylic acids is 2. The van der Waals surface area contributed by atoms with Crippen molar-refractivity contribution in [1.82, 2.24) is 4.98 Å². The van der Waals surface area contributed by atoms with Crippen LogP contribution >= 0.6 is 11.6 Å². The number of pyridine rings is 1. The van der Waals surface area contributed by atoms with Crippen LogP contribution in [0.3, 0.4) is 0 Å². The maximum Gasteiger partial charge on any atom is 0.223 e. The van der Waals surface area contributed by atoms with Gasteiger partial charge < -0.3 is 5.73 Å². The van der Waals surface area contributed by atoms with Gasteiger partial charge in [-0.15, -0.1) is 0 Å². The highest BCUT2D eigenvalue weighted by molar-refractivity contribution is 6.29. The molecule has 4 fully saturated rings. The lowest BCUT2D eigenvalue weighted by molar-refractivity contribution is -0.149. The molecule has 23 heavy (non-hydrogen) atoms. The molecule has 0 saturated heterocycles. The number of rotatable bonds is 4. The molecular formula is C18H21ClN2O2. The smallest absolute Gasteiger partial charge is 0.223 e. The topological polar surface area (TPSA) is 73.1 Å². The van der Waals surface area contributed by atoms with E-state index in [1.807, 2.05) is 0 Å². The first kappa shape index (κ1) is 15.1. The monoisotopic (exact) mass is 332 g/mol. The van der Waals surface area contributed by atoms with Gasteiger partial charge in [0.1, 0.15) is 10.8 Å².